The third kappa shape index (κ3) is 4.47. The Balaban J connectivity index is 2.89. The Bertz CT molecular complexity index is 526. The average Bonchev–Trinajstić information content (AvgIpc) is 2.36. The predicted octanol–water partition coefficient (Wildman–Crippen LogP) is 0.583. The van der Waals surface area contributed by atoms with Gasteiger partial charge in [-0.15, -0.1) is 0 Å². The van der Waals surface area contributed by atoms with E-state index in [1.807, 2.05) is 0 Å². The molecule has 0 aliphatic heterocycles. The molecule has 1 amide bonds. The lowest BCUT2D eigenvalue weighted by molar-refractivity contribution is -0.119. The van der Waals surface area contributed by atoms with Gasteiger partial charge in [-0.1, -0.05) is 0 Å². The maximum Gasteiger partial charge on any atom is 0.335 e. The first kappa shape index (κ1) is 17.0. The molecule has 0 aliphatic rings. The molecule has 0 aromatic heterocycles. The Hall–Kier alpha value is -2.06. The van der Waals surface area contributed by atoms with Crippen LogP contribution in [-0.4, -0.2) is 39.8 Å². The highest BCUT2D eigenvalue weighted by Crippen LogP contribution is 2.26. The largest absolute Gasteiger partial charge is 0.478 e. The third-order valence-electron chi connectivity index (χ3n) is 2.80. The Labute approximate surface area is 119 Å². The van der Waals surface area contributed by atoms with Gasteiger partial charge in [0.2, 0.25) is 5.91 Å². The minimum absolute atomic E-state index is 0.0179. The molecule has 1 rings (SSSR count). The van der Waals surface area contributed by atoms with Crippen LogP contribution in [0.4, 0.5) is 8.78 Å². The van der Waals surface area contributed by atoms with Crippen molar-refractivity contribution >= 4 is 11.9 Å². The number of rotatable bonds is 6. The number of carbonyl (C=O) groups excluding carboxylic acids is 1. The van der Waals surface area contributed by atoms with Crippen LogP contribution >= 0.6 is 0 Å². The summed E-state index contributed by atoms with van der Waals surface area (Å²) in [6.07, 6.45) is -3.52. The zero-order valence-electron chi connectivity index (χ0n) is 11.1. The summed E-state index contributed by atoms with van der Waals surface area (Å²) in [6, 6.07) is 1.12. The molecule has 116 valence electrons. The van der Waals surface area contributed by atoms with Crippen LogP contribution < -0.4 is 5.32 Å². The second kappa shape index (κ2) is 7.09. The van der Waals surface area contributed by atoms with E-state index >= 15 is 0 Å². The Morgan fingerprint density at radius 3 is 2.19 bits per heavy atom. The summed E-state index contributed by atoms with van der Waals surface area (Å²) in [7, 11) is 0. The van der Waals surface area contributed by atoms with Crippen molar-refractivity contribution in [1.82, 2.24) is 5.32 Å². The molecule has 0 saturated heterocycles. The van der Waals surface area contributed by atoms with Gasteiger partial charge in [-0.05, 0) is 18.6 Å². The maximum atomic E-state index is 13.7. The van der Waals surface area contributed by atoms with Crippen LogP contribution in [0.2, 0.25) is 0 Å². The van der Waals surface area contributed by atoms with Crippen molar-refractivity contribution in [3.8, 4) is 0 Å². The first-order valence-corrected chi connectivity index (χ1v) is 6.06. The summed E-state index contributed by atoms with van der Waals surface area (Å²) < 4.78 is 27.4. The fourth-order valence-electron chi connectivity index (χ4n) is 1.74. The normalized spacial score (nSPS) is 13.6. The van der Waals surface area contributed by atoms with E-state index in [0.717, 1.165) is 0 Å². The molecule has 4 N–H and O–H groups in total. The lowest BCUT2D eigenvalue weighted by Crippen LogP contribution is -2.28. The van der Waals surface area contributed by atoms with Crippen LogP contribution in [-0.2, 0) is 4.79 Å². The van der Waals surface area contributed by atoms with Gasteiger partial charge in [-0.2, -0.15) is 0 Å². The van der Waals surface area contributed by atoms with Crippen molar-refractivity contribution in [2.75, 3.05) is 6.54 Å². The van der Waals surface area contributed by atoms with Crippen molar-refractivity contribution in [1.29, 1.82) is 0 Å². The lowest BCUT2D eigenvalue weighted by atomic mass is 9.99. The van der Waals surface area contributed by atoms with Gasteiger partial charge in [0.25, 0.3) is 0 Å². The molecular weight excluding hydrogens is 288 g/mol. The van der Waals surface area contributed by atoms with E-state index in [1.54, 1.807) is 0 Å². The number of hydrogen-bond acceptors (Lipinski definition) is 4. The number of aliphatic hydroxyl groups is 2. The predicted molar refractivity (Wildman–Crippen MR) is 67.6 cm³/mol. The summed E-state index contributed by atoms with van der Waals surface area (Å²) in [5, 5.41) is 30.4. The number of amides is 1. The van der Waals surface area contributed by atoms with E-state index in [9.17, 15) is 28.6 Å². The first-order chi connectivity index (χ1) is 9.73. The van der Waals surface area contributed by atoms with Gasteiger partial charge in [0.15, 0.2) is 0 Å². The van der Waals surface area contributed by atoms with E-state index in [1.165, 1.54) is 6.92 Å². The zero-order chi connectivity index (χ0) is 16.2. The van der Waals surface area contributed by atoms with Gasteiger partial charge < -0.3 is 20.6 Å². The molecule has 0 saturated carbocycles. The number of benzene rings is 1. The highest BCUT2D eigenvalue weighted by Gasteiger charge is 2.26. The van der Waals surface area contributed by atoms with Gasteiger partial charge >= 0.3 is 5.97 Å². The standard InChI is InChI=1S/C13H15F2NO5/c1-6(17)16-3-2-10(18)12(19)11-8(14)4-7(13(20)21)5-9(11)15/h4-5,10,12,18-19H,2-3H2,1H3,(H,16,17)(H,20,21). The van der Waals surface area contributed by atoms with Crippen LogP contribution in [0.5, 0.6) is 0 Å². The number of aliphatic hydroxyl groups excluding tert-OH is 2. The van der Waals surface area contributed by atoms with Crippen molar-refractivity contribution in [3.63, 3.8) is 0 Å². The van der Waals surface area contributed by atoms with Gasteiger partial charge in [-0.25, -0.2) is 13.6 Å². The molecule has 21 heavy (non-hydrogen) atoms. The number of aromatic carboxylic acids is 1. The van der Waals surface area contributed by atoms with E-state index in [2.05, 4.69) is 5.32 Å². The molecule has 2 unspecified atom stereocenters. The molecule has 1 aromatic carbocycles. The lowest BCUT2D eigenvalue weighted by Gasteiger charge is -2.19. The van der Waals surface area contributed by atoms with E-state index < -0.39 is 40.9 Å². The molecule has 0 radical (unpaired) electrons. The Morgan fingerprint density at radius 2 is 1.76 bits per heavy atom. The fourth-order valence-corrected chi connectivity index (χ4v) is 1.74. The van der Waals surface area contributed by atoms with E-state index in [4.69, 9.17) is 5.11 Å². The number of halogens is 2. The molecule has 8 heteroatoms. The summed E-state index contributed by atoms with van der Waals surface area (Å²) in [5.41, 5.74) is -1.41. The minimum Gasteiger partial charge on any atom is -0.478 e. The molecular formula is C13H15F2NO5. The highest BCUT2D eigenvalue weighted by molar-refractivity contribution is 5.87. The number of hydrogen-bond donors (Lipinski definition) is 4. The average molecular weight is 303 g/mol. The van der Waals surface area contributed by atoms with E-state index in [0.29, 0.717) is 12.1 Å². The van der Waals surface area contributed by atoms with Crippen LogP contribution in [0.3, 0.4) is 0 Å². The quantitative estimate of drug-likeness (QED) is 0.615. The summed E-state index contributed by atoms with van der Waals surface area (Å²) in [4.78, 5) is 21.3. The Morgan fingerprint density at radius 1 is 1.24 bits per heavy atom. The van der Waals surface area contributed by atoms with Crippen LogP contribution in [0.25, 0.3) is 0 Å². The maximum absolute atomic E-state index is 13.7. The van der Waals surface area contributed by atoms with Gasteiger partial charge in [0.05, 0.1) is 17.2 Å². The molecule has 0 fully saturated rings. The van der Waals surface area contributed by atoms with Crippen molar-refractivity contribution < 1.29 is 33.7 Å². The van der Waals surface area contributed by atoms with Gasteiger partial charge in [0, 0.05) is 13.5 Å². The monoisotopic (exact) mass is 303 g/mol. The van der Waals surface area contributed by atoms with Gasteiger partial charge in [0.1, 0.15) is 17.7 Å². The number of carboxylic acids is 1. The fraction of sp³-hybridized carbons (Fsp3) is 0.385. The SMILES string of the molecule is CC(=O)NCCC(O)C(O)c1c(F)cc(C(=O)O)cc1F. The molecule has 1 aromatic rings. The third-order valence-corrected chi connectivity index (χ3v) is 2.80. The number of carbonyl (C=O) groups is 2. The highest BCUT2D eigenvalue weighted by atomic mass is 19.1. The smallest absolute Gasteiger partial charge is 0.335 e. The molecule has 0 bridgehead atoms. The topological polar surface area (TPSA) is 107 Å². The number of carboxylic acid groups (broad SMARTS) is 1. The molecule has 0 aliphatic carbocycles. The first-order valence-electron chi connectivity index (χ1n) is 6.06. The summed E-state index contributed by atoms with van der Waals surface area (Å²) in [5.74, 6) is -4.39. The van der Waals surface area contributed by atoms with Crippen LogP contribution in [0, 0.1) is 11.6 Å². The van der Waals surface area contributed by atoms with Crippen LogP contribution in [0.1, 0.15) is 35.4 Å². The molecule has 0 spiro atoms. The molecule has 0 heterocycles. The summed E-state index contributed by atoms with van der Waals surface area (Å²) in [6.45, 7) is 1.27. The van der Waals surface area contributed by atoms with Gasteiger partial charge in [-0.3, -0.25) is 4.79 Å². The van der Waals surface area contributed by atoms with E-state index in [-0.39, 0.29) is 18.9 Å². The minimum atomic E-state index is -1.87. The van der Waals surface area contributed by atoms with Crippen molar-refractivity contribution in [2.24, 2.45) is 0 Å². The zero-order valence-corrected chi connectivity index (χ0v) is 11.1. The number of nitrogens with one attached hydrogen (secondary N) is 1. The second-order valence-corrected chi connectivity index (χ2v) is 4.44. The van der Waals surface area contributed by atoms with Crippen molar-refractivity contribution in [3.05, 3.63) is 34.9 Å². The van der Waals surface area contributed by atoms with Crippen LogP contribution in [0.15, 0.2) is 12.1 Å². The second-order valence-electron chi connectivity index (χ2n) is 4.44. The molecule has 6 nitrogen and oxygen atoms in total. The van der Waals surface area contributed by atoms with Crippen molar-refractivity contribution in [2.45, 2.75) is 25.6 Å². The summed E-state index contributed by atoms with van der Waals surface area (Å²) >= 11 is 0. The molecule has 2 atom stereocenters. The Kier molecular flexibility index (Phi) is 5.74.